The van der Waals surface area contributed by atoms with E-state index in [4.69, 9.17) is 11.6 Å². The van der Waals surface area contributed by atoms with Crippen molar-refractivity contribution in [1.82, 2.24) is 9.71 Å². The van der Waals surface area contributed by atoms with Crippen LogP contribution in [-0.4, -0.2) is 13.4 Å². The summed E-state index contributed by atoms with van der Waals surface area (Å²) in [5.41, 5.74) is 2.66. The van der Waals surface area contributed by atoms with Crippen molar-refractivity contribution in [2.45, 2.75) is 11.4 Å². The third kappa shape index (κ3) is 3.81. The summed E-state index contributed by atoms with van der Waals surface area (Å²) in [6.45, 7) is 0.0717. The molecule has 0 aliphatic carbocycles. The summed E-state index contributed by atoms with van der Waals surface area (Å²) in [6.07, 6.45) is 3.32. The van der Waals surface area contributed by atoms with E-state index in [0.717, 1.165) is 28.8 Å². The van der Waals surface area contributed by atoms with E-state index in [9.17, 15) is 12.8 Å². The lowest BCUT2D eigenvalue weighted by Crippen LogP contribution is -2.23. The van der Waals surface area contributed by atoms with Gasteiger partial charge < -0.3 is 0 Å². The number of nitrogens with one attached hydrogen (secondary N) is 1. The van der Waals surface area contributed by atoms with Gasteiger partial charge in [-0.3, -0.25) is 4.98 Å². The van der Waals surface area contributed by atoms with E-state index in [-0.39, 0.29) is 16.5 Å². The molecule has 2 heterocycles. The highest BCUT2D eigenvalue weighted by molar-refractivity contribution is 7.89. The largest absolute Gasteiger partial charge is 0.264 e. The number of benzene rings is 1. The molecule has 0 aliphatic rings. The van der Waals surface area contributed by atoms with Gasteiger partial charge in [-0.05, 0) is 52.2 Å². The van der Waals surface area contributed by atoms with E-state index in [0.29, 0.717) is 0 Å². The Kier molecular flexibility index (Phi) is 4.96. The highest BCUT2D eigenvalue weighted by Crippen LogP contribution is 2.22. The van der Waals surface area contributed by atoms with Crippen molar-refractivity contribution in [3.05, 3.63) is 69.9 Å². The molecule has 0 unspecified atom stereocenters. The molecule has 0 atom stereocenters. The van der Waals surface area contributed by atoms with Gasteiger partial charge in [-0.2, -0.15) is 11.3 Å². The van der Waals surface area contributed by atoms with Crippen LogP contribution in [0.25, 0.3) is 11.1 Å². The summed E-state index contributed by atoms with van der Waals surface area (Å²) >= 11 is 7.21. The molecule has 0 radical (unpaired) electrons. The van der Waals surface area contributed by atoms with Crippen molar-refractivity contribution in [3.63, 3.8) is 0 Å². The molecular weight excluding hydrogens is 371 g/mol. The summed E-state index contributed by atoms with van der Waals surface area (Å²) in [5, 5.41) is 3.72. The van der Waals surface area contributed by atoms with Crippen LogP contribution in [0, 0.1) is 5.82 Å². The van der Waals surface area contributed by atoms with Crippen molar-refractivity contribution >= 4 is 33.0 Å². The standard InChI is InChI=1S/C16H12ClFN2O2S2/c17-15-6-14(1-2-16(15)18)24(21,22)20-8-11-5-13(9-19-7-11)12-3-4-23-10-12/h1-7,9-10,20H,8H2. The molecule has 0 aliphatic heterocycles. The van der Waals surface area contributed by atoms with Gasteiger partial charge in [-0.25, -0.2) is 17.5 Å². The summed E-state index contributed by atoms with van der Waals surface area (Å²) in [6, 6.07) is 7.11. The zero-order valence-electron chi connectivity index (χ0n) is 12.2. The van der Waals surface area contributed by atoms with Gasteiger partial charge in [0.05, 0.1) is 9.92 Å². The lowest BCUT2D eigenvalue weighted by atomic mass is 10.1. The maximum Gasteiger partial charge on any atom is 0.240 e. The molecule has 1 N–H and O–H groups in total. The highest BCUT2D eigenvalue weighted by atomic mass is 35.5. The molecule has 3 rings (SSSR count). The summed E-state index contributed by atoms with van der Waals surface area (Å²) < 4.78 is 40.2. The van der Waals surface area contributed by atoms with Crippen LogP contribution in [0.2, 0.25) is 5.02 Å². The number of halogens is 2. The van der Waals surface area contributed by atoms with Crippen molar-refractivity contribution in [1.29, 1.82) is 0 Å². The molecule has 1 aromatic carbocycles. The number of rotatable bonds is 5. The first-order valence-corrected chi connectivity index (χ1v) is 9.67. The van der Waals surface area contributed by atoms with E-state index in [1.165, 1.54) is 6.07 Å². The summed E-state index contributed by atoms with van der Waals surface area (Å²) in [4.78, 5) is 4.05. The fourth-order valence-corrected chi connectivity index (χ4v) is 4.03. The fraction of sp³-hybridized carbons (Fsp3) is 0.0625. The van der Waals surface area contributed by atoms with Gasteiger partial charge in [0.25, 0.3) is 0 Å². The average molecular weight is 383 g/mol. The molecule has 124 valence electrons. The fourth-order valence-electron chi connectivity index (χ4n) is 2.08. The molecule has 0 fully saturated rings. The Bertz CT molecular complexity index is 960. The minimum atomic E-state index is -3.79. The van der Waals surface area contributed by atoms with E-state index in [1.54, 1.807) is 23.7 Å². The lowest BCUT2D eigenvalue weighted by molar-refractivity contribution is 0.580. The number of sulfonamides is 1. The van der Waals surface area contributed by atoms with Crippen molar-refractivity contribution in [2.24, 2.45) is 0 Å². The monoisotopic (exact) mass is 382 g/mol. The molecule has 2 aromatic heterocycles. The van der Waals surface area contributed by atoms with Crippen LogP contribution in [0.1, 0.15) is 5.56 Å². The van der Waals surface area contributed by atoms with Gasteiger partial charge in [-0.1, -0.05) is 11.6 Å². The Hall–Kier alpha value is -1.80. The number of hydrogen-bond donors (Lipinski definition) is 1. The molecule has 0 amide bonds. The summed E-state index contributed by atoms with van der Waals surface area (Å²) in [5.74, 6) is -0.664. The van der Waals surface area contributed by atoms with Crippen LogP contribution in [0.15, 0.2) is 58.4 Å². The number of pyridine rings is 1. The van der Waals surface area contributed by atoms with E-state index >= 15 is 0 Å². The second-order valence-electron chi connectivity index (χ2n) is 4.99. The third-order valence-electron chi connectivity index (χ3n) is 3.32. The Balaban J connectivity index is 1.77. The average Bonchev–Trinajstić information content (AvgIpc) is 3.10. The molecule has 0 saturated heterocycles. The van der Waals surface area contributed by atoms with Gasteiger partial charge in [0, 0.05) is 24.5 Å². The van der Waals surface area contributed by atoms with Crippen LogP contribution >= 0.6 is 22.9 Å². The Morgan fingerprint density at radius 2 is 2.00 bits per heavy atom. The van der Waals surface area contributed by atoms with Crippen molar-refractivity contribution in [2.75, 3.05) is 0 Å². The smallest absolute Gasteiger partial charge is 0.240 e. The van der Waals surface area contributed by atoms with Crippen LogP contribution in [0.4, 0.5) is 4.39 Å². The lowest BCUT2D eigenvalue weighted by Gasteiger charge is -2.08. The van der Waals surface area contributed by atoms with Crippen molar-refractivity contribution in [3.8, 4) is 11.1 Å². The second-order valence-corrected chi connectivity index (χ2v) is 7.95. The molecule has 0 saturated carbocycles. The van der Waals surface area contributed by atoms with E-state index in [1.807, 2.05) is 22.9 Å². The molecule has 0 spiro atoms. The van der Waals surface area contributed by atoms with Crippen molar-refractivity contribution < 1.29 is 12.8 Å². The van der Waals surface area contributed by atoms with E-state index < -0.39 is 15.8 Å². The van der Waals surface area contributed by atoms with Crippen LogP contribution < -0.4 is 4.72 Å². The first-order chi connectivity index (χ1) is 11.5. The normalized spacial score (nSPS) is 11.6. The first-order valence-electron chi connectivity index (χ1n) is 6.87. The maximum absolute atomic E-state index is 13.2. The van der Waals surface area contributed by atoms with Crippen LogP contribution in [0.5, 0.6) is 0 Å². The Morgan fingerprint density at radius 3 is 2.71 bits per heavy atom. The predicted molar refractivity (Wildman–Crippen MR) is 93.0 cm³/mol. The number of hydrogen-bond acceptors (Lipinski definition) is 4. The molecule has 24 heavy (non-hydrogen) atoms. The van der Waals surface area contributed by atoms with Gasteiger partial charge >= 0.3 is 0 Å². The van der Waals surface area contributed by atoms with Gasteiger partial charge in [0.15, 0.2) is 0 Å². The zero-order valence-corrected chi connectivity index (χ0v) is 14.6. The molecule has 4 nitrogen and oxygen atoms in total. The second kappa shape index (κ2) is 6.98. The number of nitrogens with zero attached hydrogens (tertiary/aromatic N) is 1. The van der Waals surface area contributed by atoms with Crippen LogP contribution in [0.3, 0.4) is 0 Å². The SMILES string of the molecule is O=S(=O)(NCc1cncc(-c2ccsc2)c1)c1ccc(F)c(Cl)c1. The molecule has 3 aromatic rings. The minimum absolute atomic E-state index is 0.0717. The molecule has 0 bridgehead atoms. The topological polar surface area (TPSA) is 59.1 Å². The third-order valence-corrected chi connectivity index (χ3v) is 5.69. The highest BCUT2D eigenvalue weighted by Gasteiger charge is 2.15. The Morgan fingerprint density at radius 1 is 1.17 bits per heavy atom. The van der Waals surface area contributed by atoms with E-state index in [2.05, 4.69) is 9.71 Å². The van der Waals surface area contributed by atoms with Crippen LogP contribution in [-0.2, 0) is 16.6 Å². The number of aromatic nitrogens is 1. The zero-order chi connectivity index (χ0) is 17.2. The summed E-state index contributed by atoms with van der Waals surface area (Å²) in [7, 11) is -3.79. The predicted octanol–water partition coefficient (Wildman–Crippen LogP) is 4.08. The Labute approximate surface area is 148 Å². The number of thiophene rings is 1. The maximum atomic E-state index is 13.2. The first kappa shape index (κ1) is 17.0. The molecular formula is C16H12ClFN2O2S2. The van der Waals surface area contributed by atoms with Gasteiger partial charge in [0.1, 0.15) is 5.82 Å². The molecule has 8 heteroatoms. The quantitative estimate of drug-likeness (QED) is 0.723. The minimum Gasteiger partial charge on any atom is -0.264 e. The van der Waals surface area contributed by atoms with Gasteiger partial charge in [-0.15, -0.1) is 0 Å². The van der Waals surface area contributed by atoms with Gasteiger partial charge in [0.2, 0.25) is 10.0 Å².